The predicted molar refractivity (Wildman–Crippen MR) is 47.4 cm³/mol. The van der Waals surface area contributed by atoms with Crippen molar-refractivity contribution < 1.29 is 4.74 Å². The molecule has 13 heavy (non-hydrogen) atoms. The second-order valence-electron chi connectivity index (χ2n) is 3.26. The Hall–Kier alpha value is -1.16. The summed E-state index contributed by atoms with van der Waals surface area (Å²) in [6, 6.07) is 3.21. The first-order valence-corrected chi connectivity index (χ1v) is 4.38. The lowest BCUT2D eigenvalue weighted by atomic mass is 10.3. The third-order valence-electron chi connectivity index (χ3n) is 2.12. The highest BCUT2D eigenvalue weighted by molar-refractivity contribution is 4.94. The molecule has 4 heteroatoms. The van der Waals surface area contributed by atoms with Crippen molar-refractivity contribution in [3.05, 3.63) is 18.5 Å². The molecule has 1 atom stereocenters. The molecule has 0 saturated carbocycles. The Labute approximate surface area is 77.6 Å². The minimum absolute atomic E-state index is 0.243. The van der Waals surface area contributed by atoms with Crippen molar-refractivity contribution in [1.29, 1.82) is 0 Å². The Kier molecular flexibility index (Phi) is 2.40. The fraction of sp³-hybridized carbons (Fsp3) is 0.556. The lowest BCUT2D eigenvalue weighted by Gasteiger charge is -2.10. The second-order valence-corrected chi connectivity index (χ2v) is 3.26. The Balaban J connectivity index is 1.92. The number of aromatic nitrogens is 2. The molecule has 1 aromatic rings. The molecule has 0 spiro atoms. The summed E-state index contributed by atoms with van der Waals surface area (Å²) in [7, 11) is 2.09. The van der Waals surface area contributed by atoms with E-state index in [1.54, 1.807) is 12.4 Å². The van der Waals surface area contributed by atoms with Crippen LogP contribution in [0.2, 0.25) is 0 Å². The van der Waals surface area contributed by atoms with Crippen LogP contribution in [0.25, 0.3) is 0 Å². The first-order chi connectivity index (χ1) is 6.34. The maximum Gasteiger partial charge on any atom is 0.316 e. The van der Waals surface area contributed by atoms with Crippen LogP contribution in [0, 0.1) is 6.07 Å². The van der Waals surface area contributed by atoms with E-state index in [2.05, 4.69) is 28.0 Å². The molecule has 1 saturated heterocycles. The van der Waals surface area contributed by atoms with Crippen LogP contribution in [-0.2, 0) is 0 Å². The van der Waals surface area contributed by atoms with Crippen LogP contribution in [0.4, 0.5) is 0 Å². The van der Waals surface area contributed by atoms with Crippen molar-refractivity contribution in [1.82, 2.24) is 14.9 Å². The molecule has 1 aromatic heterocycles. The van der Waals surface area contributed by atoms with Gasteiger partial charge in [-0.25, -0.2) is 9.97 Å². The molecule has 69 valence electrons. The lowest BCUT2D eigenvalue weighted by Crippen LogP contribution is -2.22. The molecule has 0 amide bonds. The van der Waals surface area contributed by atoms with Crippen molar-refractivity contribution >= 4 is 0 Å². The van der Waals surface area contributed by atoms with Crippen molar-refractivity contribution in [2.75, 3.05) is 20.1 Å². The Bertz CT molecular complexity index is 265. The van der Waals surface area contributed by atoms with E-state index in [0.29, 0.717) is 6.01 Å². The highest BCUT2D eigenvalue weighted by atomic mass is 16.5. The number of hydrogen-bond donors (Lipinski definition) is 0. The van der Waals surface area contributed by atoms with Crippen LogP contribution in [0.5, 0.6) is 6.01 Å². The maximum absolute atomic E-state index is 5.56. The summed E-state index contributed by atoms with van der Waals surface area (Å²) in [5.41, 5.74) is 0. The van der Waals surface area contributed by atoms with Crippen LogP contribution in [-0.4, -0.2) is 41.1 Å². The zero-order chi connectivity index (χ0) is 9.10. The molecule has 1 fully saturated rings. The van der Waals surface area contributed by atoms with Crippen molar-refractivity contribution in [2.24, 2.45) is 0 Å². The van der Waals surface area contributed by atoms with E-state index in [9.17, 15) is 0 Å². The molecular weight excluding hydrogens is 166 g/mol. The predicted octanol–water partition coefficient (Wildman–Crippen LogP) is 0.360. The quantitative estimate of drug-likeness (QED) is 0.655. The molecule has 2 heterocycles. The van der Waals surface area contributed by atoms with E-state index in [1.165, 1.54) is 0 Å². The first-order valence-electron chi connectivity index (χ1n) is 4.38. The summed E-state index contributed by atoms with van der Waals surface area (Å²) in [6.45, 7) is 2.05. The van der Waals surface area contributed by atoms with Crippen molar-refractivity contribution in [2.45, 2.75) is 12.5 Å². The van der Waals surface area contributed by atoms with Gasteiger partial charge in [0.25, 0.3) is 0 Å². The zero-order valence-corrected chi connectivity index (χ0v) is 7.60. The standard InChI is InChI=1S/C9H12N3O/c1-12-6-3-8(7-12)13-9-10-4-2-5-11-9/h4-5,8H,3,6-7H2,1H3. The maximum atomic E-state index is 5.56. The molecule has 1 aliphatic heterocycles. The lowest BCUT2D eigenvalue weighted by molar-refractivity contribution is 0.191. The van der Waals surface area contributed by atoms with E-state index in [1.807, 2.05) is 0 Å². The van der Waals surface area contributed by atoms with E-state index < -0.39 is 0 Å². The van der Waals surface area contributed by atoms with Gasteiger partial charge >= 0.3 is 6.01 Å². The van der Waals surface area contributed by atoms with E-state index >= 15 is 0 Å². The van der Waals surface area contributed by atoms with Crippen LogP contribution < -0.4 is 4.74 Å². The molecule has 1 radical (unpaired) electrons. The van der Waals surface area contributed by atoms with E-state index in [-0.39, 0.29) is 6.10 Å². The number of nitrogens with zero attached hydrogens (tertiary/aromatic N) is 3. The summed E-state index contributed by atoms with van der Waals surface area (Å²) >= 11 is 0. The van der Waals surface area contributed by atoms with Gasteiger partial charge in [0.15, 0.2) is 0 Å². The molecular formula is C9H12N3O. The summed E-state index contributed by atoms with van der Waals surface area (Å²) in [5.74, 6) is 0. The monoisotopic (exact) mass is 178 g/mol. The largest absolute Gasteiger partial charge is 0.459 e. The smallest absolute Gasteiger partial charge is 0.316 e. The average molecular weight is 178 g/mol. The highest BCUT2D eigenvalue weighted by Crippen LogP contribution is 2.12. The van der Waals surface area contributed by atoms with Crippen LogP contribution in [0.3, 0.4) is 0 Å². The number of rotatable bonds is 2. The van der Waals surface area contributed by atoms with Gasteiger partial charge in [0, 0.05) is 31.5 Å². The topological polar surface area (TPSA) is 38.2 Å². The van der Waals surface area contributed by atoms with Gasteiger partial charge < -0.3 is 9.64 Å². The van der Waals surface area contributed by atoms with Crippen LogP contribution in [0.15, 0.2) is 12.4 Å². The Morgan fingerprint density at radius 2 is 2.31 bits per heavy atom. The minimum Gasteiger partial charge on any atom is -0.459 e. The van der Waals surface area contributed by atoms with Crippen LogP contribution >= 0.6 is 0 Å². The Morgan fingerprint density at radius 1 is 1.54 bits per heavy atom. The van der Waals surface area contributed by atoms with Crippen molar-refractivity contribution in [3.8, 4) is 6.01 Å². The van der Waals surface area contributed by atoms with Gasteiger partial charge in [-0.3, -0.25) is 0 Å². The van der Waals surface area contributed by atoms with Gasteiger partial charge in [0.05, 0.1) is 0 Å². The number of hydrogen-bond acceptors (Lipinski definition) is 4. The molecule has 4 nitrogen and oxygen atoms in total. The molecule has 2 rings (SSSR count). The summed E-state index contributed by atoms with van der Waals surface area (Å²) in [5, 5.41) is 0. The first kappa shape index (κ1) is 8.44. The van der Waals surface area contributed by atoms with E-state index in [4.69, 9.17) is 4.74 Å². The normalized spacial score (nSPS) is 23.3. The minimum atomic E-state index is 0.243. The van der Waals surface area contributed by atoms with Gasteiger partial charge in [0.2, 0.25) is 0 Å². The second kappa shape index (κ2) is 3.70. The van der Waals surface area contributed by atoms with Gasteiger partial charge in [-0.05, 0) is 13.5 Å². The summed E-state index contributed by atoms with van der Waals surface area (Å²) < 4.78 is 5.56. The van der Waals surface area contributed by atoms with Gasteiger partial charge in [-0.1, -0.05) is 0 Å². The number of likely N-dealkylation sites (N-methyl/N-ethyl adjacent to an activating group) is 1. The summed E-state index contributed by atoms with van der Waals surface area (Å²) in [6.07, 6.45) is 4.44. The van der Waals surface area contributed by atoms with Gasteiger partial charge in [-0.2, -0.15) is 0 Å². The molecule has 0 aliphatic carbocycles. The highest BCUT2D eigenvalue weighted by Gasteiger charge is 2.21. The Morgan fingerprint density at radius 3 is 2.92 bits per heavy atom. The summed E-state index contributed by atoms with van der Waals surface area (Å²) in [4.78, 5) is 10.2. The van der Waals surface area contributed by atoms with Crippen molar-refractivity contribution in [3.63, 3.8) is 0 Å². The van der Waals surface area contributed by atoms with Gasteiger partial charge in [-0.15, -0.1) is 0 Å². The van der Waals surface area contributed by atoms with Crippen LogP contribution in [0.1, 0.15) is 6.42 Å². The molecule has 1 aliphatic rings. The fourth-order valence-electron chi connectivity index (χ4n) is 1.45. The molecule has 0 bridgehead atoms. The zero-order valence-electron chi connectivity index (χ0n) is 7.60. The molecule has 0 N–H and O–H groups in total. The van der Waals surface area contributed by atoms with E-state index in [0.717, 1.165) is 19.5 Å². The average Bonchev–Trinajstić information content (AvgIpc) is 2.53. The third-order valence-corrected chi connectivity index (χ3v) is 2.12. The van der Waals surface area contributed by atoms with Gasteiger partial charge in [0.1, 0.15) is 6.10 Å². The number of likely N-dealkylation sites (tertiary alicyclic amines) is 1. The molecule has 0 aromatic carbocycles. The number of ether oxygens (including phenoxy) is 1. The molecule has 1 unspecified atom stereocenters. The fourth-order valence-corrected chi connectivity index (χ4v) is 1.45. The SMILES string of the molecule is CN1CCC(Oc2nc[c]cn2)C1. The third kappa shape index (κ3) is 2.15.